The molecule has 3 rings (SSSR count). The zero-order valence-electron chi connectivity index (χ0n) is 14.1. The lowest BCUT2D eigenvalue weighted by Gasteiger charge is -2.25. The van der Waals surface area contributed by atoms with Crippen molar-refractivity contribution in [3.63, 3.8) is 0 Å². The van der Waals surface area contributed by atoms with Crippen LogP contribution in [0, 0.1) is 20.8 Å². The van der Waals surface area contributed by atoms with Crippen LogP contribution in [0.4, 0.5) is 0 Å². The Morgan fingerprint density at radius 1 is 1.26 bits per heavy atom. The van der Waals surface area contributed by atoms with Crippen molar-refractivity contribution < 1.29 is 4.79 Å². The lowest BCUT2D eigenvalue weighted by Crippen LogP contribution is -2.39. The van der Waals surface area contributed by atoms with Gasteiger partial charge in [-0.3, -0.25) is 14.5 Å². The number of carbonyl (C=O) groups is 1. The standard InChI is InChI=1S/C18H24N4O/c1-13-6-7-16(11-19-13)10-18(23)21-8-4-5-17(21)12-22-15(3)9-14(2)20-22/h6-7,9,11,17H,4-5,8,10,12H2,1-3H3/t17-/m0/s1. The van der Waals surface area contributed by atoms with Crippen LogP contribution in [0.2, 0.25) is 0 Å². The van der Waals surface area contributed by atoms with Gasteiger partial charge < -0.3 is 4.90 Å². The van der Waals surface area contributed by atoms with E-state index in [2.05, 4.69) is 23.1 Å². The van der Waals surface area contributed by atoms with Gasteiger partial charge in [0.25, 0.3) is 0 Å². The quantitative estimate of drug-likeness (QED) is 0.871. The van der Waals surface area contributed by atoms with Gasteiger partial charge in [-0.05, 0) is 51.3 Å². The largest absolute Gasteiger partial charge is 0.338 e. The van der Waals surface area contributed by atoms with E-state index in [0.29, 0.717) is 6.42 Å². The van der Waals surface area contributed by atoms with Gasteiger partial charge in [0.2, 0.25) is 5.91 Å². The first-order valence-corrected chi connectivity index (χ1v) is 8.25. The molecule has 23 heavy (non-hydrogen) atoms. The third-order valence-corrected chi connectivity index (χ3v) is 4.51. The Kier molecular flexibility index (Phi) is 4.46. The van der Waals surface area contributed by atoms with Crippen LogP contribution in [0.15, 0.2) is 24.4 Å². The molecular formula is C18H24N4O. The van der Waals surface area contributed by atoms with Crippen LogP contribution in [0.1, 0.15) is 35.5 Å². The number of pyridine rings is 1. The van der Waals surface area contributed by atoms with Crippen molar-refractivity contribution in [1.82, 2.24) is 19.7 Å². The maximum atomic E-state index is 12.7. The smallest absolute Gasteiger partial charge is 0.227 e. The van der Waals surface area contributed by atoms with E-state index in [0.717, 1.165) is 48.6 Å². The van der Waals surface area contributed by atoms with E-state index in [4.69, 9.17) is 0 Å². The molecule has 1 atom stereocenters. The molecule has 0 radical (unpaired) electrons. The average molecular weight is 312 g/mol. The molecule has 5 nitrogen and oxygen atoms in total. The number of hydrogen-bond acceptors (Lipinski definition) is 3. The third kappa shape index (κ3) is 3.60. The van der Waals surface area contributed by atoms with Crippen molar-refractivity contribution in [2.45, 2.75) is 52.6 Å². The van der Waals surface area contributed by atoms with Gasteiger partial charge in [0, 0.05) is 24.1 Å². The Morgan fingerprint density at radius 2 is 2.09 bits per heavy atom. The molecule has 2 aromatic heterocycles. The van der Waals surface area contributed by atoms with Gasteiger partial charge in [-0.25, -0.2) is 0 Å². The summed E-state index contributed by atoms with van der Waals surface area (Å²) in [5.41, 5.74) is 4.15. The van der Waals surface area contributed by atoms with Gasteiger partial charge in [-0.15, -0.1) is 0 Å². The zero-order valence-corrected chi connectivity index (χ0v) is 14.1. The van der Waals surface area contributed by atoms with Crippen molar-refractivity contribution >= 4 is 5.91 Å². The van der Waals surface area contributed by atoms with E-state index < -0.39 is 0 Å². The first kappa shape index (κ1) is 15.7. The van der Waals surface area contributed by atoms with Gasteiger partial charge in [0.1, 0.15) is 0 Å². The van der Waals surface area contributed by atoms with Crippen molar-refractivity contribution in [3.8, 4) is 0 Å². The van der Waals surface area contributed by atoms with E-state index in [1.165, 1.54) is 0 Å². The fraction of sp³-hybridized carbons (Fsp3) is 0.500. The molecule has 0 N–H and O–H groups in total. The number of rotatable bonds is 4. The first-order chi connectivity index (χ1) is 11.0. The van der Waals surface area contributed by atoms with Crippen LogP contribution in [0.5, 0.6) is 0 Å². The summed E-state index contributed by atoms with van der Waals surface area (Å²) < 4.78 is 2.03. The monoisotopic (exact) mass is 312 g/mol. The molecule has 1 saturated heterocycles. The highest BCUT2D eigenvalue weighted by Gasteiger charge is 2.29. The number of amides is 1. The van der Waals surface area contributed by atoms with Crippen LogP contribution in [-0.4, -0.2) is 38.2 Å². The Bertz CT molecular complexity index is 690. The lowest BCUT2D eigenvalue weighted by molar-refractivity contribution is -0.131. The third-order valence-electron chi connectivity index (χ3n) is 4.51. The molecule has 0 bridgehead atoms. The van der Waals surface area contributed by atoms with E-state index >= 15 is 0 Å². The second-order valence-corrected chi connectivity index (χ2v) is 6.48. The highest BCUT2D eigenvalue weighted by Crippen LogP contribution is 2.21. The number of carbonyl (C=O) groups excluding carboxylic acids is 1. The summed E-state index contributed by atoms with van der Waals surface area (Å²) in [6, 6.07) is 6.28. The molecule has 1 fully saturated rings. The molecule has 1 amide bonds. The molecule has 1 aliphatic heterocycles. The molecule has 0 saturated carbocycles. The zero-order chi connectivity index (χ0) is 16.4. The minimum atomic E-state index is 0.194. The summed E-state index contributed by atoms with van der Waals surface area (Å²) in [5.74, 6) is 0.194. The molecule has 0 spiro atoms. The molecule has 5 heteroatoms. The summed E-state index contributed by atoms with van der Waals surface area (Å²) in [6.07, 6.45) is 4.36. The summed E-state index contributed by atoms with van der Waals surface area (Å²) in [7, 11) is 0. The van der Waals surface area contributed by atoms with E-state index in [-0.39, 0.29) is 11.9 Å². The van der Waals surface area contributed by atoms with E-state index in [1.807, 2.05) is 35.6 Å². The van der Waals surface area contributed by atoms with Crippen LogP contribution < -0.4 is 0 Å². The molecule has 1 aliphatic rings. The molecule has 0 aliphatic carbocycles. The molecule has 0 unspecified atom stereocenters. The predicted molar refractivity (Wildman–Crippen MR) is 89.1 cm³/mol. The normalized spacial score (nSPS) is 17.7. The van der Waals surface area contributed by atoms with E-state index in [9.17, 15) is 4.79 Å². The Balaban J connectivity index is 1.67. The molecule has 122 valence electrons. The summed E-state index contributed by atoms with van der Waals surface area (Å²) in [6.45, 7) is 7.67. The first-order valence-electron chi connectivity index (χ1n) is 8.25. The van der Waals surface area contributed by atoms with Crippen LogP contribution >= 0.6 is 0 Å². The highest BCUT2D eigenvalue weighted by molar-refractivity contribution is 5.79. The maximum absolute atomic E-state index is 12.7. The van der Waals surface area contributed by atoms with Crippen LogP contribution in [0.25, 0.3) is 0 Å². The fourth-order valence-electron chi connectivity index (χ4n) is 3.29. The van der Waals surface area contributed by atoms with Gasteiger partial charge in [0.15, 0.2) is 0 Å². The van der Waals surface area contributed by atoms with Crippen molar-refractivity contribution in [2.24, 2.45) is 0 Å². The number of nitrogens with zero attached hydrogens (tertiary/aromatic N) is 4. The van der Waals surface area contributed by atoms with Gasteiger partial charge in [-0.1, -0.05) is 6.07 Å². The number of likely N-dealkylation sites (tertiary alicyclic amines) is 1. The van der Waals surface area contributed by atoms with Gasteiger partial charge in [-0.2, -0.15) is 5.10 Å². The fourth-order valence-corrected chi connectivity index (χ4v) is 3.29. The lowest BCUT2D eigenvalue weighted by atomic mass is 10.1. The second kappa shape index (κ2) is 6.52. The number of aromatic nitrogens is 3. The number of hydrogen-bond donors (Lipinski definition) is 0. The van der Waals surface area contributed by atoms with Crippen molar-refractivity contribution in [3.05, 3.63) is 47.0 Å². The van der Waals surface area contributed by atoms with Crippen LogP contribution in [-0.2, 0) is 17.8 Å². The Morgan fingerprint density at radius 3 is 2.74 bits per heavy atom. The van der Waals surface area contributed by atoms with Gasteiger partial charge >= 0.3 is 0 Å². The Hall–Kier alpha value is -2.17. The molecule has 2 aromatic rings. The minimum absolute atomic E-state index is 0.194. The molecule has 3 heterocycles. The van der Waals surface area contributed by atoms with Crippen molar-refractivity contribution in [2.75, 3.05) is 6.54 Å². The van der Waals surface area contributed by atoms with Gasteiger partial charge in [0.05, 0.1) is 24.7 Å². The Labute approximate surface area is 137 Å². The minimum Gasteiger partial charge on any atom is -0.338 e. The SMILES string of the molecule is Cc1ccc(CC(=O)N2CCC[C@H]2Cn2nc(C)cc2C)cn1. The highest BCUT2D eigenvalue weighted by atomic mass is 16.2. The van der Waals surface area contributed by atoms with E-state index in [1.54, 1.807) is 6.20 Å². The average Bonchev–Trinajstić information content (AvgIpc) is 3.09. The topological polar surface area (TPSA) is 51.0 Å². The summed E-state index contributed by atoms with van der Waals surface area (Å²) in [4.78, 5) is 19.0. The van der Waals surface area contributed by atoms with Crippen molar-refractivity contribution in [1.29, 1.82) is 0 Å². The van der Waals surface area contributed by atoms with Crippen LogP contribution in [0.3, 0.4) is 0 Å². The maximum Gasteiger partial charge on any atom is 0.227 e. The molecule has 0 aromatic carbocycles. The molecular weight excluding hydrogens is 288 g/mol. The number of aryl methyl sites for hydroxylation is 3. The predicted octanol–water partition coefficient (Wildman–Crippen LogP) is 2.44. The summed E-state index contributed by atoms with van der Waals surface area (Å²) in [5, 5.41) is 4.53. The second-order valence-electron chi connectivity index (χ2n) is 6.48. The summed E-state index contributed by atoms with van der Waals surface area (Å²) >= 11 is 0.